The average molecular weight is 928 g/mol. The number of hydrogen-bond acceptors (Lipinski definition) is 12. The van der Waals surface area contributed by atoms with Gasteiger partial charge in [-0.1, -0.05) is 48.5 Å². The largest absolute Gasteiger partial charge is 0.452 e. The van der Waals surface area contributed by atoms with E-state index in [9.17, 15) is 38.4 Å². The van der Waals surface area contributed by atoms with E-state index in [0.717, 1.165) is 21.2 Å². The van der Waals surface area contributed by atoms with Crippen LogP contribution in [0.5, 0.6) is 0 Å². The number of likely N-dealkylation sites (N-methyl/N-ethyl adjacent to an activating group) is 1. The Hall–Kier alpha value is -5.17. The van der Waals surface area contributed by atoms with Crippen molar-refractivity contribution < 1.29 is 47.6 Å². The number of carbonyl (C=O) groups is 8. The zero-order chi connectivity index (χ0) is 45.2. The summed E-state index contributed by atoms with van der Waals surface area (Å²) in [5, 5.41) is 14.9. The molecule has 3 aromatic rings. The van der Waals surface area contributed by atoms with Crippen LogP contribution in [0.25, 0.3) is 10.8 Å². The highest BCUT2D eigenvalue weighted by atomic mass is 31.0. The Balaban J connectivity index is 1.58. The molecule has 1 fully saturated rings. The molecule has 5 N–H and O–H groups in total. The van der Waals surface area contributed by atoms with Crippen molar-refractivity contribution in [2.75, 3.05) is 26.8 Å². The lowest BCUT2D eigenvalue weighted by Crippen LogP contribution is -2.65. The minimum absolute atomic E-state index is 0.0165. The molecular formula is C39H49N9O10P4. The topological polar surface area (TPSA) is 256 Å². The third kappa shape index (κ3) is 14.5. The van der Waals surface area contributed by atoms with E-state index in [1.807, 2.05) is 51.9 Å². The lowest BCUT2D eigenvalue weighted by molar-refractivity contribution is -0.141. The smallest absolute Gasteiger partial charge is 0.308 e. The van der Waals surface area contributed by atoms with E-state index in [0.29, 0.717) is 5.56 Å². The summed E-state index contributed by atoms with van der Waals surface area (Å²) in [7, 11) is 11.1. The molecule has 1 aromatic heterocycles. The van der Waals surface area contributed by atoms with Gasteiger partial charge in [0, 0.05) is 64.8 Å². The Morgan fingerprint density at radius 2 is 1.56 bits per heavy atom. The predicted molar refractivity (Wildman–Crippen MR) is 238 cm³/mol. The third-order valence-corrected chi connectivity index (χ3v) is 11.2. The first-order chi connectivity index (χ1) is 29.7. The van der Waals surface area contributed by atoms with E-state index in [1.165, 1.54) is 19.4 Å². The number of fused-ring (bicyclic) bond motifs is 1. The molecular weight excluding hydrogens is 878 g/mol. The van der Waals surface area contributed by atoms with Gasteiger partial charge in [0.15, 0.2) is 0 Å². The van der Waals surface area contributed by atoms with Gasteiger partial charge in [0.25, 0.3) is 5.91 Å². The minimum atomic E-state index is -1.67. The molecule has 2 heterocycles. The highest BCUT2D eigenvalue weighted by molar-refractivity contribution is 7.15. The number of hydrogen-bond donors (Lipinski definition) is 5. The van der Waals surface area contributed by atoms with Gasteiger partial charge in [-0.15, -0.1) is 0 Å². The number of pyridine rings is 1. The number of nitrogens with one attached hydrogen (secondary N) is 5. The Morgan fingerprint density at radius 1 is 0.871 bits per heavy atom. The zero-order valence-electron chi connectivity index (χ0n) is 33.8. The van der Waals surface area contributed by atoms with Crippen LogP contribution >= 0.6 is 36.9 Å². The van der Waals surface area contributed by atoms with Crippen LogP contribution in [0.2, 0.25) is 0 Å². The molecule has 330 valence electrons. The molecule has 2 unspecified atom stereocenters. The van der Waals surface area contributed by atoms with Crippen molar-refractivity contribution in [1.29, 1.82) is 0 Å². The first kappa shape index (κ1) is 49.5. The molecule has 0 spiro atoms. The van der Waals surface area contributed by atoms with Crippen LogP contribution < -0.4 is 26.4 Å². The molecule has 62 heavy (non-hydrogen) atoms. The lowest BCUT2D eigenvalue weighted by Gasteiger charge is -2.38. The maximum atomic E-state index is 14.3. The van der Waals surface area contributed by atoms with Crippen LogP contribution in [-0.2, 0) is 60.5 Å². The molecule has 6 atom stereocenters. The second kappa shape index (κ2) is 24.5. The summed E-state index contributed by atoms with van der Waals surface area (Å²) in [4.78, 5) is 112. The third-order valence-electron chi connectivity index (χ3n) is 10.1. The zero-order valence-corrected chi connectivity index (χ0v) is 38.1. The van der Waals surface area contributed by atoms with E-state index in [2.05, 4.69) is 63.4 Å². The Morgan fingerprint density at radius 3 is 2.21 bits per heavy atom. The van der Waals surface area contributed by atoms with Gasteiger partial charge < -0.3 is 40.5 Å². The van der Waals surface area contributed by atoms with Crippen molar-refractivity contribution in [3.8, 4) is 0 Å². The van der Waals surface area contributed by atoms with Gasteiger partial charge in [-0.05, 0) is 61.8 Å². The standard InChI is InChI=1S/C39H49N9O10P4/c1-48(22-32(50)47-61)37(55)30(19-24-5-4-14-40-21-24)42-35(53)28(20-31(49)46-60)41-34(52)27(10-11-33(51)58-62)43-38(56)39(12-15-57-16-13-39)44-36(54)29(45-59)18-23-8-9-25-6-2-3-7-26(25)17-23/h2-9,14,17,21,27-30,59-60H,10-13,15-16,18-20,22,61-62H2,1H3,(H,41,52)(H,42,53)(H,43,56)(H,44,54)(H,47,50)/t27-,28-,29-,30-/m0/s1. The van der Waals surface area contributed by atoms with Gasteiger partial charge in [0.1, 0.15) is 29.7 Å². The predicted octanol–water partition coefficient (Wildman–Crippen LogP) is 1.56. The molecule has 1 saturated heterocycles. The average Bonchev–Trinajstić information content (AvgIpc) is 3.28. The quantitative estimate of drug-likeness (QED) is 0.0959. The van der Waals surface area contributed by atoms with E-state index < -0.39 is 83.4 Å². The molecule has 19 nitrogen and oxygen atoms in total. The summed E-state index contributed by atoms with van der Waals surface area (Å²) in [6, 6.07) is 11.4. The van der Waals surface area contributed by atoms with Gasteiger partial charge >= 0.3 is 5.97 Å². The fourth-order valence-corrected chi connectivity index (χ4v) is 7.16. The molecule has 0 bridgehead atoms. The van der Waals surface area contributed by atoms with Gasteiger partial charge in [0.2, 0.25) is 35.4 Å². The maximum Gasteiger partial charge on any atom is 0.308 e. The maximum absolute atomic E-state index is 14.3. The summed E-state index contributed by atoms with van der Waals surface area (Å²) in [6.45, 7) is -0.186. The summed E-state index contributed by atoms with van der Waals surface area (Å²) in [6.07, 6.45) is 1.75. The Labute approximate surface area is 366 Å². The first-order valence-corrected chi connectivity index (χ1v) is 21.3. The van der Waals surface area contributed by atoms with E-state index in [-0.39, 0.29) is 58.3 Å². The SMILES string of the molecule is CN(CC(=O)NP)C(=O)[C@H](Cc1cccnc1)NC(=O)[C@H](CC(=O)N=P)NC(=O)[C@H](CCC(=O)OP)NC(=O)C1(NC(=O)[C@H](Cc2ccc3ccccc3c2)N=P)CCOCC1. The molecule has 7 amide bonds. The Bertz CT molecular complexity index is 2150. The first-order valence-electron chi connectivity index (χ1n) is 19.3. The van der Waals surface area contributed by atoms with Crippen molar-refractivity contribution in [2.24, 2.45) is 9.49 Å². The molecule has 23 heteroatoms. The lowest BCUT2D eigenvalue weighted by atomic mass is 9.87. The summed E-state index contributed by atoms with van der Waals surface area (Å²) < 4.78 is 17.7. The van der Waals surface area contributed by atoms with E-state index in [4.69, 9.17) is 4.74 Å². The fourth-order valence-electron chi connectivity index (χ4n) is 6.65. The van der Waals surface area contributed by atoms with Crippen LogP contribution in [0.15, 0.2) is 76.5 Å². The van der Waals surface area contributed by atoms with Crippen LogP contribution in [0, 0.1) is 0 Å². The van der Waals surface area contributed by atoms with Crippen molar-refractivity contribution in [1.82, 2.24) is 36.2 Å². The van der Waals surface area contributed by atoms with Gasteiger partial charge in [-0.25, -0.2) is 4.74 Å². The summed E-state index contributed by atoms with van der Waals surface area (Å²) in [5.74, 6) is -6.12. The van der Waals surface area contributed by atoms with E-state index >= 15 is 0 Å². The molecule has 0 saturated carbocycles. The molecule has 0 aliphatic carbocycles. The number of aromatic nitrogens is 1. The van der Waals surface area contributed by atoms with Crippen LogP contribution in [0.3, 0.4) is 0 Å². The highest BCUT2D eigenvalue weighted by Gasteiger charge is 2.44. The second-order valence-corrected chi connectivity index (χ2v) is 15.4. The van der Waals surface area contributed by atoms with Crippen molar-refractivity contribution in [3.05, 3.63) is 78.1 Å². The van der Waals surface area contributed by atoms with Gasteiger partial charge in [-0.2, -0.15) is 0 Å². The second-order valence-electron chi connectivity index (χ2n) is 14.4. The van der Waals surface area contributed by atoms with Gasteiger partial charge in [0.05, 0.1) is 22.4 Å². The molecule has 0 radical (unpaired) electrons. The summed E-state index contributed by atoms with van der Waals surface area (Å²) >= 11 is 0. The molecule has 4 rings (SSSR count). The van der Waals surface area contributed by atoms with Crippen molar-refractivity contribution in [3.63, 3.8) is 0 Å². The monoisotopic (exact) mass is 927 g/mol. The van der Waals surface area contributed by atoms with Crippen LogP contribution in [-0.4, -0.2) is 114 Å². The number of nitrogens with zero attached hydrogens (tertiary/aromatic N) is 4. The van der Waals surface area contributed by atoms with E-state index in [1.54, 1.807) is 21.6 Å². The van der Waals surface area contributed by atoms with Gasteiger partial charge in [-0.3, -0.25) is 48.1 Å². The summed E-state index contributed by atoms with van der Waals surface area (Å²) in [5.41, 5.74) is -0.222. The molecule has 1 aliphatic heterocycles. The number of ether oxygens (including phenoxy) is 1. The molecule has 1 aliphatic rings. The fraction of sp³-hybridized carbons (Fsp3) is 0.410. The highest BCUT2D eigenvalue weighted by Crippen LogP contribution is 2.24. The minimum Gasteiger partial charge on any atom is -0.452 e. The number of rotatable bonds is 21. The Kier molecular flexibility index (Phi) is 19.5. The van der Waals surface area contributed by atoms with Crippen molar-refractivity contribution in [2.45, 2.75) is 74.7 Å². The van der Waals surface area contributed by atoms with Crippen LogP contribution in [0.1, 0.15) is 43.2 Å². The number of amides is 7. The normalized spacial score (nSPS) is 15.0. The van der Waals surface area contributed by atoms with Crippen molar-refractivity contribution >= 4 is 95.0 Å². The number of benzene rings is 2. The van der Waals surface area contributed by atoms with Crippen LogP contribution in [0.4, 0.5) is 0 Å². The molecule has 2 aromatic carbocycles. The number of carbonyl (C=O) groups excluding carboxylic acids is 8.